The first-order valence-corrected chi connectivity index (χ1v) is 8.72. The monoisotopic (exact) mass is 394 g/mol. The smallest absolute Gasteiger partial charge is 0.411 e. The number of nitrogens with zero attached hydrogens (tertiary/aromatic N) is 3. The van der Waals surface area contributed by atoms with Crippen molar-refractivity contribution in [3.8, 4) is 0 Å². The van der Waals surface area contributed by atoms with E-state index in [4.69, 9.17) is 9.47 Å². The van der Waals surface area contributed by atoms with Crippen LogP contribution in [0.3, 0.4) is 0 Å². The summed E-state index contributed by atoms with van der Waals surface area (Å²) in [5.74, 6) is -0.809. The van der Waals surface area contributed by atoms with E-state index in [1.54, 1.807) is 20.8 Å². The fourth-order valence-corrected chi connectivity index (χ4v) is 2.82. The van der Waals surface area contributed by atoms with E-state index in [2.05, 4.69) is 19.9 Å². The molecule has 1 aliphatic rings. The second-order valence-electron chi connectivity index (χ2n) is 6.42. The molecule has 12 heteroatoms. The molecule has 0 spiro atoms. The third kappa shape index (κ3) is 6.09. The highest BCUT2D eigenvalue weighted by atomic mass is 32.2. The minimum absolute atomic E-state index is 0.0763. The van der Waals surface area contributed by atoms with E-state index in [0.29, 0.717) is 5.16 Å². The average Bonchev–Trinajstić information content (AvgIpc) is 3.14. The lowest BCUT2D eigenvalue weighted by molar-refractivity contribution is -0.159. The van der Waals surface area contributed by atoms with E-state index >= 15 is 0 Å². The number of H-pyrrole nitrogens is 1. The number of rotatable bonds is 6. The number of carbonyl (C=O) groups excluding carboxylic acids is 2. The Morgan fingerprint density at radius 1 is 1.46 bits per heavy atom. The van der Waals surface area contributed by atoms with Gasteiger partial charge < -0.3 is 14.2 Å². The lowest BCUT2D eigenvalue weighted by Crippen LogP contribution is -2.44. The third-order valence-corrected chi connectivity index (χ3v) is 3.95. The van der Waals surface area contributed by atoms with Crippen molar-refractivity contribution in [3.05, 3.63) is 6.33 Å². The number of hydrogen-bond donors (Lipinski definition) is 1. The van der Waals surface area contributed by atoms with Crippen molar-refractivity contribution < 1.29 is 32.6 Å². The van der Waals surface area contributed by atoms with Gasteiger partial charge in [0.05, 0.1) is 12.6 Å². The molecule has 2 rings (SSSR count). The summed E-state index contributed by atoms with van der Waals surface area (Å²) in [7, 11) is 0. The number of carbonyl (C=O) groups is 2. The predicted octanol–water partition coefficient (Wildman–Crippen LogP) is 2.01. The summed E-state index contributed by atoms with van der Waals surface area (Å²) in [6, 6.07) is -1.07. The van der Waals surface area contributed by atoms with E-state index in [-0.39, 0.29) is 18.9 Å². The summed E-state index contributed by atoms with van der Waals surface area (Å²) in [5, 5.41) is 6.69. The number of aromatic amines is 1. The molecule has 2 heterocycles. The molecule has 0 aliphatic carbocycles. The van der Waals surface area contributed by atoms with Crippen molar-refractivity contribution in [2.24, 2.45) is 0 Å². The minimum Gasteiger partial charge on any atom is -0.453 e. The number of nitrogens with one attached hydrogen (secondary N) is 1. The zero-order valence-corrected chi connectivity index (χ0v) is 15.3. The first kappa shape index (κ1) is 20.4. The maximum Gasteiger partial charge on any atom is 0.411 e. The van der Waals surface area contributed by atoms with Crippen molar-refractivity contribution in [1.82, 2.24) is 20.1 Å². The number of aromatic nitrogens is 3. The van der Waals surface area contributed by atoms with Crippen LogP contribution in [0, 0.1) is 0 Å². The van der Waals surface area contributed by atoms with Gasteiger partial charge in [-0.3, -0.25) is 10.00 Å². The van der Waals surface area contributed by atoms with Gasteiger partial charge in [0.2, 0.25) is 0 Å². The highest BCUT2D eigenvalue weighted by Crippen LogP contribution is 2.26. The molecule has 9 nitrogen and oxygen atoms in total. The summed E-state index contributed by atoms with van der Waals surface area (Å²) in [6.07, 6.45) is -0.572. The van der Waals surface area contributed by atoms with Crippen LogP contribution in [0.1, 0.15) is 27.2 Å². The van der Waals surface area contributed by atoms with Crippen LogP contribution < -0.4 is 0 Å². The fourth-order valence-electron chi connectivity index (χ4n) is 2.29. The van der Waals surface area contributed by atoms with Crippen molar-refractivity contribution in [1.29, 1.82) is 0 Å². The van der Waals surface area contributed by atoms with Gasteiger partial charge in [0.25, 0.3) is 0 Å². The molecule has 0 bridgehead atoms. The van der Waals surface area contributed by atoms with Crippen LogP contribution in [0.4, 0.5) is 13.6 Å². The Balaban J connectivity index is 1.97. The second kappa shape index (κ2) is 8.62. The summed E-state index contributed by atoms with van der Waals surface area (Å²) < 4.78 is 39.7. The van der Waals surface area contributed by atoms with Gasteiger partial charge in [0.15, 0.2) is 5.16 Å². The van der Waals surface area contributed by atoms with E-state index in [1.807, 2.05) is 0 Å². The second-order valence-corrected chi connectivity index (χ2v) is 7.33. The Kier molecular flexibility index (Phi) is 6.75. The Morgan fingerprint density at radius 3 is 2.77 bits per heavy atom. The number of amides is 1. The molecule has 1 aromatic rings. The van der Waals surface area contributed by atoms with Gasteiger partial charge in [-0.2, -0.15) is 13.9 Å². The third-order valence-electron chi connectivity index (χ3n) is 3.25. The molecule has 1 aliphatic heterocycles. The quantitative estimate of drug-likeness (QED) is 0.444. The van der Waals surface area contributed by atoms with Gasteiger partial charge >= 0.3 is 18.7 Å². The van der Waals surface area contributed by atoms with Crippen molar-refractivity contribution in [3.63, 3.8) is 0 Å². The molecule has 1 N–H and O–H groups in total. The normalized spacial score (nSPS) is 20.5. The van der Waals surface area contributed by atoms with Crippen LogP contribution in [0.15, 0.2) is 11.5 Å². The molecule has 0 saturated carbocycles. The fraction of sp³-hybridized carbons (Fsp3) is 0.714. The molecule has 26 heavy (non-hydrogen) atoms. The molecule has 0 aromatic carbocycles. The van der Waals surface area contributed by atoms with E-state index in [9.17, 15) is 18.4 Å². The van der Waals surface area contributed by atoms with Crippen LogP contribution >= 0.6 is 11.8 Å². The molecule has 146 valence electrons. The molecule has 2 atom stereocenters. The largest absolute Gasteiger partial charge is 0.453 e. The Labute approximate surface area is 152 Å². The molecule has 1 saturated heterocycles. The molecule has 1 aromatic heterocycles. The topological polar surface area (TPSA) is 107 Å². The van der Waals surface area contributed by atoms with E-state index in [0.717, 1.165) is 16.7 Å². The number of thioether (sulfide) groups is 1. The molecular formula is C14H20F2N4O5S. The molecular weight excluding hydrogens is 374 g/mol. The molecule has 0 radical (unpaired) electrons. The van der Waals surface area contributed by atoms with Crippen LogP contribution in [0.2, 0.25) is 0 Å². The van der Waals surface area contributed by atoms with Crippen molar-refractivity contribution in [2.75, 3.05) is 12.5 Å². The summed E-state index contributed by atoms with van der Waals surface area (Å²) >= 11 is 1.09. The van der Waals surface area contributed by atoms with Gasteiger partial charge in [0.1, 0.15) is 23.9 Å². The highest BCUT2D eigenvalue weighted by Gasteiger charge is 2.43. The molecule has 1 amide bonds. The maximum atomic E-state index is 12.5. The highest BCUT2D eigenvalue weighted by molar-refractivity contribution is 7.99. The lowest BCUT2D eigenvalue weighted by Gasteiger charge is -2.27. The van der Waals surface area contributed by atoms with Gasteiger partial charge in [-0.25, -0.2) is 14.6 Å². The van der Waals surface area contributed by atoms with Gasteiger partial charge in [-0.05, 0) is 32.5 Å². The maximum absolute atomic E-state index is 12.5. The number of likely N-dealkylation sites (tertiary alicyclic amines) is 1. The number of hydrogen-bond acceptors (Lipinski definition) is 8. The first-order chi connectivity index (χ1) is 12.2. The van der Waals surface area contributed by atoms with Gasteiger partial charge in [0, 0.05) is 6.42 Å². The Bertz CT molecular complexity index is 611. The first-order valence-electron chi connectivity index (χ1n) is 7.74. The number of ether oxygens (including phenoxy) is 3. The number of esters is 1. The van der Waals surface area contributed by atoms with Crippen LogP contribution in [-0.4, -0.2) is 69.0 Å². The summed E-state index contributed by atoms with van der Waals surface area (Å²) in [4.78, 5) is 29.5. The zero-order valence-electron chi connectivity index (χ0n) is 14.5. The number of halogens is 2. The Hall–Kier alpha value is -1.95. The standard InChI is InChI=1S/C14H20F2N4O5S/c1-14(2,3)25-13(22)20-5-8(24-11(15)16)4-9(20)10(21)23-7-26-12-17-6-18-19-12/h6,8-9,11H,4-5,7H2,1-3H3,(H,17,18,19)/t8-,9+/m1/s1. The number of alkyl halides is 2. The minimum atomic E-state index is -3.00. The van der Waals surface area contributed by atoms with E-state index < -0.39 is 36.4 Å². The van der Waals surface area contributed by atoms with Crippen LogP contribution in [-0.2, 0) is 19.0 Å². The SMILES string of the molecule is CC(C)(C)OC(=O)N1C[C@H](OC(F)F)C[C@H]1C(=O)OCSc1ncn[nH]1. The Morgan fingerprint density at radius 2 is 2.19 bits per heavy atom. The summed E-state index contributed by atoms with van der Waals surface area (Å²) in [6.45, 7) is 1.80. The van der Waals surface area contributed by atoms with Crippen molar-refractivity contribution >= 4 is 23.8 Å². The van der Waals surface area contributed by atoms with Crippen LogP contribution in [0.25, 0.3) is 0 Å². The summed E-state index contributed by atoms with van der Waals surface area (Å²) in [5.41, 5.74) is -0.796. The van der Waals surface area contributed by atoms with Crippen molar-refractivity contribution in [2.45, 2.75) is 56.7 Å². The van der Waals surface area contributed by atoms with Crippen LogP contribution in [0.5, 0.6) is 0 Å². The zero-order chi connectivity index (χ0) is 19.3. The average molecular weight is 394 g/mol. The molecule has 1 fully saturated rings. The van der Waals surface area contributed by atoms with E-state index in [1.165, 1.54) is 6.33 Å². The molecule has 0 unspecified atom stereocenters. The predicted molar refractivity (Wildman–Crippen MR) is 85.4 cm³/mol. The van der Waals surface area contributed by atoms with Gasteiger partial charge in [-0.15, -0.1) is 0 Å². The lowest BCUT2D eigenvalue weighted by atomic mass is 10.2. The van der Waals surface area contributed by atoms with Gasteiger partial charge in [-0.1, -0.05) is 0 Å².